The summed E-state index contributed by atoms with van der Waals surface area (Å²) in [6.07, 6.45) is 6.05. The summed E-state index contributed by atoms with van der Waals surface area (Å²) in [6.45, 7) is 0. The van der Waals surface area contributed by atoms with Crippen LogP contribution in [0.15, 0.2) is 59.7 Å². The number of aromatic nitrogens is 3. The van der Waals surface area contributed by atoms with Crippen LogP contribution in [-0.2, 0) is 7.05 Å². The van der Waals surface area contributed by atoms with Crippen LogP contribution in [0.3, 0.4) is 0 Å². The molecule has 2 N–H and O–H groups in total. The fourth-order valence-corrected chi connectivity index (χ4v) is 2.31. The Morgan fingerprint density at radius 3 is 2.64 bits per heavy atom. The minimum absolute atomic E-state index is 0.127. The average Bonchev–Trinajstić information content (AvgIpc) is 2.81. The Labute approximate surface area is 126 Å². The molecule has 0 fully saturated rings. The molecule has 2 aromatic heterocycles. The first kappa shape index (κ1) is 13.8. The highest BCUT2D eigenvalue weighted by atomic mass is 16.1. The van der Waals surface area contributed by atoms with Gasteiger partial charge in [-0.1, -0.05) is 12.1 Å². The monoisotopic (exact) mass is 293 g/mol. The molecule has 2 heterocycles. The van der Waals surface area contributed by atoms with Crippen LogP contribution in [0.4, 0.5) is 5.69 Å². The number of para-hydroxylation sites is 2. The fourth-order valence-electron chi connectivity index (χ4n) is 2.31. The summed E-state index contributed by atoms with van der Waals surface area (Å²) >= 11 is 0. The van der Waals surface area contributed by atoms with E-state index in [2.05, 4.69) is 10.3 Å². The van der Waals surface area contributed by atoms with Gasteiger partial charge in [-0.2, -0.15) is 0 Å². The van der Waals surface area contributed by atoms with Gasteiger partial charge in [0.15, 0.2) is 0 Å². The second-order valence-corrected chi connectivity index (χ2v) is 4.74. The van der Waals surface area contributed by atoms with Gasteiger partial charge in [0.05, 0.1) is 22.9 Å². The number of benzene rings is 1. The Bertz CT molecular complexity index is 902. The van der Waals surface area contributed by atoms with E-state index in [0.717, 1.165) is 16.7 Å². The van der Waals surface area contributed by atoms with Gasteiger partial charge in [0.2, 0.25) is 0 Å². The predicted octanol–water partition coefficient (Wildman–Crippen LogP) is 2.30. The predicted molar refractivity (Wildman–Crippen MR) is 87.9 cm³/mol. The Balaban J connectivity index is 2.05. The van der Waals surface area contributed by atoms with Gasteiger partial charge in [-0.15, -0.1) is 0 Å². The fraction of sp³-hybridized carbons (Fsp3) is 0.0625. The van der Waals surface area contributed by atoms with Gasteiger partial charge in [-0.05, 0) is 30.3 Å². The van der Waals surface area contributed by atoms with Crippen LogP contribution in [0.1, 0.15) is 0 Å². The largest absolute Gasteiger partial charge is 0.360 e. The number of rotatable bonds is 4. The molecule has 0 amide bonds. The number of allylic oxidation sites excluding steroid dienone is 1. The molecular formula is C16H15N5O. The quantitative estimate of drug-likeness (QED) is 0.725. The van der Waals surface area contributed by atoms with E-state index in [-0.39, 0.29) is 5.69 Å². The third-order valence-corrected chi connectivity index (χ3v) is 3.38. The number of nitrogens with zero attached hydrogens (tertiary/aromatic N) is 3. The zero-order valence-electron chi connectivity index (χ0n) is 12.0. The van der Waals surface area contributed by atoms with Crippen molar-refractivity contribution in [3.63, 3.8) is 0 Å². The van der Waals surface area contributed by atoms with Crippen molar-refractivity contribution in [1.82, 2.24) is 14.1 Å². The summed E-state index contributed by atoms with van der Waals surface area (Å²) in [6, 6.07) is 11.2. The molecule has 3 rings (SSSR count). The number of aryl methyl sites for hydroxylation is 1. The Morgan fingerprint density at radius 2 is 1.95 bits per heavy atom. The van der Waals surface area contributed by atoms with Crippen molar-refractivity contribution in [2.24, 2.45) is 7.05 Å². The third kappa shape index (κ3) is 2.31. The van der Waals surface area contributed by atoms with Crippen LogP contribution in [0.5, 0.6) is 0 Å². The normalized spacial score (nSPS) is 11.1. The van der Waals surface area contributed by atoms with Crippen LogP contribution >= 0.6 is 0 Å². The molecule has 0 aliphatic heterocycles. The van der Waals surface area contributed by atoms with Crippen molar-refractivity contribution in [2.45, 2.75) is 0 Å². The Morgan fingerprint density at radius 1 is 1.18 bits per heavy atom. The van der Waals surface area contributed by atoms with E-state index in [9.17, 15) is 4.79 Å². The lowest BCUT2D eigenvalue weighted by Gasteiger charge is -2.04. The van der Waals surface area contributed by atoms with E-state index in [4.69, 9.17) is 5.41 Å². The first-order valence-corrected chi connectivity index (χ1v) is 6.77. The molecule has 0 aliphatic carbocycles. The molecule has 0 atom stereocenters. The SMILES string of the molecule is Cn1c(=O)n(-c2ccc(N/C=C\C=N)cn2)c2ccccc21. The van der Waals surface area contributed by atoms with Crippen molar-refractivity contribution in [3.8, 4) is 5.82 Å². The van der Waals surface area contributed by atoms with Crippen molar-refractivity contribution in [1.29, 1.82) is 5.41 Å². The van der Waals surface area contributed by atoms with Crippen molar-refractivity contribution in [3.05, 3.63) is 65.4 Å². The molecule has 0 spiro atoms. The van der Waals surface area contributed by atoms with Gasteiger partial charge in [0.1, 0.15) is 5.82 Å². The molecule has 1 aromatic carbocycles. The molecule has 0 saturated carbocycles. The minimum atomic E-state index is -0.127. The summed E-state index contributed by atoms with van der Waals surface area (Å²) in [5.41, 5.74) is 2.35. The lowest BCUT2D eigenvalue weighted by molar-refractivity contribution is 0.834. The maximum atomic E-state index is 12.4. The van der Waals surface area contributed by atoms with Crippen LogP contribution in [0.25, 0.3) is 16.9 Å². The van der Waals surface area contributed by atoms with Gasteiger partial charge in [-0.3, -0.25) is 4.57 Å². The van der Waals surface area contributed by atoms with Crippen molar-refractivity contribution >= 4 is 22.9 Å². The molecule has 6 nitrogen and oxygen atoms in total. The molecule has 0 bridgehead atoms. The average molecular weight is 293 g/mol. The lowest BCUT2D eigenvalue weighted by atomic mass is 10.3. The summed E-state index contributed by atoms with van der Waals surface area (Å²) in [5.74, 6) is 0.573. The van der Waals surface area contributed by atoms with E-state index in [0.29, 0.717) is 5.82 Å². The molecule has 110 valence electrons. The molecule has 6 heteroatoms. The van der Waals surface area contributed by atoms with Crippen LogP contribution < -0.4 is 11.0 Å². The molecule has 0 saturated heterocycles. The molecule has 22 heavy (non-hydrogen) atoms. The van der Waals surface area contributed by atoms with Crippen molar-refractivity contribution < 1.29 is 0 Å². The zero-order chi connectivity index (χ0) is 15.5. The number of imidazole rings is 1. The smallest absolute Gasteiger partial charge is 0.334 e. The number of nitrogens with one attached hydrogen (secondary N) is 2. The Hall–Kier alpha value is -3.15. The second kappa shape index (κ2) is 5.69. The van der Waals surface area contributed by atoms with E-state index < -0.39 is 0 Å². The highest BCUT2D eigenvalue weighted by Gasteiger charge is 2.12. The number of hydrogen-bond acceptors (Lipinski definition) is 4. The van der Waals surface area contributed by atoms with Gasteiger partial charge < -0.3 is 10.7 Å². The van der Waals surface area contributed by atoms with Gasteiger partial charge in [0.25, 0.3) is 0 Å². The summed E-state index contributed by atoms with van der Waals surface area (Å²) < 4.78 is 3.20. The minimum Gasteiger partial charge on any atom is -0.360 e. The first-order chi connectivity index (χ1) is 10.7. The van der Waals surface area contributed by atoms with E-state index in [1.165, 1.54) is 6.21 Å². The standard InChI is InChI=1S/C16H15N5O/c1-20-13-5-2-3-6-14(13)21(16(20)22)15-8-7-12(11-19-15)18-10-4-9-17/h2-11,17-18H,1H3/b10-4-,17-9?. The molecule has 0 unspecified atom stereocenters. The highest BCUT2D eigenvalue weighted by molar-refractivity contribution is 5.77. The maximum absolute atomic E-state index is 12.4. The zero-order valence-corrected chi connectivity index (χ0v) is 12.0. The summed E-state index contributed by atoms with van der Waals surface area (Å²) in [7, 11) is 1.75. The maximum Gasteiger partial charge on any atom is 0.334 e. The number of hydrogen-bond donors (Lipinski definition) is 2. The van der Waals surface area contributed by atoms with Gasteiger partial charge in [-0.25, -0.2) is 14.3 Å². The highest BCUT2D eigenvalue weighted by Crippen LogP contribution is 2.16. The molecule has 0 radical (unpaired) electrons. The third-order valence-electron chi connectivity index (χ3n) is 3.38. The first-order valence-electron chi connectivity index (χ1n) is 6.77. The van der Waals surface area contributed by atoms with Crippen LogP contribution in [0, 0.1) is 5.41 Å². The number of pyridine rings is 1. The molecule has 0 aliphatic rings. The number of anilines is 1. The summed E-state index contributed by atoms with van der Waals surface area (Å²) in [5, 5.41) is 9.90. The Kier molecular flexibility index (Phi) is 3.57. The molecule has 3 aromatic rings. The summed E-state index contributed by atoms with van der Waals surface area (Å²) in [4.78, 5) is 16.8. The molecular weight excluding hydrogens is 278 g/mol. The van der Waals surface area contributed by atoms with E-state index >= 15 is 0 Å². The van der Waals surface area contributed by atoms with Crippen LogP contribution in [0.2, 0.25) is 0 Å². The van der Waals surface area contributed by atoms with Gasteiger partial charge >= 0.3 is 5.69 Å². The van der Waals surface area contributed by atoms with E-state index in [1.807, 2.05) is 30.3 Å². The van der Waals surface area contributed by atoms with Crippen molar-refractivity contribution in [2.75, 3.05) is 5.32 Å². The van der Waals surface area contributed by atoms with Gasteiger partial charge in [0, 0.05) is 19.5 Å². The topological polar surface area (TPSA) is 75.7 Å². The lowest BCUT2D eigenvalue weighted by Crippen LogP contribution is -2.21. The number of fused-ring (bicyclic) bond motifs is 1. The van der Waals surface area contributed by atoms with E-state index in [1.54, 1.807) is 40.7 Å². The second-order valence-electron chi connectivity index (χ2n) is 4.74. The van der Waals surface area contributed by atoms with Crippen LogP contribution in [-0.4, -0.2) is 20.3 Å².